The van der Waals surface area contributed by atoms with Gasteiger partial charge in [-0.3, -0.25) is 14.0 Å². The van der Waals surface area contributed by atoms with E-state index in [1.54, 1.807) is 18.3 Å². The first-order valence-corrected chi connectivity index (χ1v) is 9.96. The van der Waals surface area contributed by atoms with E-state index in [4.69, 9.17) is 8.92 Å². The molecule has 0 bridgehead atoms. The third-order valence-corrected chi connectivity index (χ3v) is 4.89. The lowest BCUT2D eigenvalue weighted by Gasteiger charge is -2.28. The number of nitrogens with zero attached hydrogens (tertiary/aromatic N) is 1. The van der Waals surface area contributed by atoms with Gasteiger partial charge in [0.1, 0.15) is 6.61 Å². The molecule has 152 valence electrons. The molecule has 27 heavy (non-hydrogen) atoms. The van der Waals surface area contributed by atoms with Crippen LogP contribution in [0.2, 0.25) is 0 Å². The number of hydrogen-bond acceptors (Lipinski definition) is 8. The van der Waals surface area contributed by atoms with Crippen molar-refractivity contribution in [2.24, 2.45) is 5.41 Å². The van der Waals surface area contributed by atoms with E-state index in [0.717, 1.165) is 0 Å². The zero-order chi connectivity index (χ0) is 20.5. The molecule has 1 amide bonds. The summed E-state index contributed by atoms with van der Waals surface area (Å²) >= 11 is 0. The number of nitrogens with one attached hydrogen (secondary N) is 1. The molecule has 1 rings (SSSR count). The second-order valence-corrected chi connectivity index (χ2v) is 8.48. The molecule has 1 heterocycles. The van der Waals surface area contributed by atoms with Crippen molar-refractivity contribution < 1.29 is 32.0 Å². The van der Waals surface area contributed by atoms with Crippen LogP contribution in [0.15, 0.2) is 24.5 Å². The van der Waals surface area contributed by atoms with Crippen LogP contribution < -0.4 is 5.32 Å². The summed E-state index contributed by atoms with van der Waals surface area (Å²) in [5.41, 5.74) is -0.523. The fraction of sp³-hybridized carbons (Fsp3) is 0.588. The van der Waals surface area contributed by atoms with Crippen LogP contribution in [-0.4, -0.2) is 55.4 Å². The van der Waals surface area contributed by atoms with Crippen molar-refractivity contribution in [3.05, 3.63) is 30.1 Å². The molecule has 2 N–H and O–H groups in total. The van der Waals surface area contributed by atoms with Gasteiger partial charge < -0.3 is 15.2 Å². The average molecular weight is 402 g/mol. The molecule has 1 aromatic heterocycles. The van der Waals surface area contributed by atoms with Crippen molar-refractivity contribution in [1.82, 2.24) is 10.3 Å². The topological polar surface area (TPSA) is 132 Å². The van der Waals surface area contributed by atoms with Crippen LogP contribution in [0.1, 0.15) is 32.8 Å². The molecular formula is C17H26N2O7S. The molecular weight excluding hydrogens is 376 g/mol. The Labute approximate surface area is 159 Å². The highest BCUT2D eigenvalue weighted by Gasteiger charge is 2.36. The van der Waals surface area contributed by atoms with E-state index in [2.05, 4.69) is 10.3 Å². The molecule has 0 fully saturated rings. The number of carbonyl (C=O) groups is 2. The second-order valence-electron chi connectivity index (χ2n) is 6.72. The molecule has 0 aliphatic carbocycles. The van der Waals surface area contributed by atoms with Crippen LogP contribution in [0.3, 0.4) is 0 Å². The number of ether oxygens (including phenoxy) is 1. The van der Waals surface area contributed by atoms with Gasteiger partial charge in [0, 0.05) is 36.8 Å². The number of aliphatic hydroxyl groups is 1. The number of aromatic nitrogens is 1. The third kappa shape index (κ3) is 8.94. The molecule has 0 saturated heterocycles. The van der Waals surface area contributed by atoms with Crippen molar-refractivity contribution in [1.29, 1.82) is 0 Å². The molecule has 10 heteroatoms. The zero-order valence-electron chi connectivity index (χ0n) is 15.7. The van der Waals surface area contributed by atoms with Crippen LogP contribution in [0, 0.1) is 5.41 Å². The number of aliphatic hydroxyl groups excluding tert-OH is 1. The Morgan fingerprint density at radius 3 is 2.67 bits per heavy atom. The summed E-state index contributed by atoms with van der Waals surface area (Å²) < 4.78 is 33.7. The highest BCUT2D eigenvalue weighted by molar-refractivity contribution is 7.86. The van der Waals surface area contributed by atoms with Crippen molar-refractivity contribution in [3.8, 4) is 0 Å². The van der Waals surface area contributed by atoms with Crippen LogP contribution in [0.4, 0.5) is 0 Å². The van der Waals surface area contributed by atoms with Crippen LogP contribution >= 0.6 is 0 Å². The first kappa shape index (κ1) is 23.0. The van der Waals surface area contributed by atoms with E-state index >= 15 is 0 Å². The Balaban J connectivity index is 2.47. The number of pyridine rings is 1. The molecule has 0 unspecified atom stereocenters. The largest absolute Gasteiger partial charge is 0.459 e. The summed E-state index contributed by atoms with van der Waals surface area (Å²) in [4.78, 5) is 26.7. The maximum atomic E-state index is 12.0. The molecule has 0 aliphatic rings. The summed E-state index contributed by atoms with van der Waals surface area (Å²) in [6.45, 7) is 4.10. The maximum Gasteiger partial charge on any atom is 0.335 e. The highest BCUT2D eigenvalue weighted by Crippen LogP contribution is 2.23. The van der Waals surface area contributed by atoms with Gasteiger partial charge in [0.25, 0.3) is 10.1 Å². The number of hydrogen-bond donors (Lipinski definition) is 2. The van der Waals surface area contributed by atoms with Crippen LogP contribution in [0.25, 0.3) is 0 Å². The molecule has 0 aliphatic heterocycles. The summed E-state index contributed by atoms with van der Waals surface area (Å²) in [7, 11) is -3.85. The predicted octanol–water partition coefficient (Wildman–Crippen LogP) is 0.385. The van der Waals surface area contributed by atoms with Crippen molar-refractivity contribution in [2.45, 2.75) is 39.9 Å². The lowest BCUT2D eigenvalue weighted by molar-refractivity contribution is -0.162. The van der Waals surface area contributed by atoms with Gasteiger partial charge in [0.15, 0.2) is 6.10 Å². The fourth-order valence-electron chi connectivity index (χ4n) is 1.93. The standard InChI is InChI=1S/C17H26N2O7S/c1-13(20)19-8-5-9-27(23,24)26-12-17(2,3)15(21)16(22)25-11-14-6-4-7-18-10-14/h4,6-7,10,15,21H,5,8-9,11-12H2,1-3H3,(H,19,20)/t15-/m0/s1. The average Bonchev–Trinajstić information content (AvgIpc) is 2.62. The van der Waals surface area contributed by atoms with Gasteiger partial charge in [-0.2, -0.15) is 8.42 Å². The molecule has 1 aromatic rings. The van der Waals surface area contributed by atoms with Crippen LogP contribution in [0.5, 0.6) is 0 Å². The molecule has 0 saturated carbocycles. The van der Waals surface area contributed by atoms with E-state index in [1.165, 1.54) is 27.0 Å². The van der Waals surface area contributed by atoms with Gasteiger partial charge in [-0.25, -0.2) is 4.79 Å². The minimum absolute atomic E-state index is 0.0535. The lowest BCUT2D eigenvalue weighted by Crippen LogP contribution is -2.41. The number of esters is 1. The lowest BCUT2D eigenvalue weighted by atomic mass is 9.88. The Morgan fingerprint density at radius 1 is 1.37 bits per heavy atom. The third-order valence-electron chi connectivity index (χ3n) is 3.62. The molecule has 0 radical (unpaired) electrons. The molecule has 0 aromatic carbocycles. The van der Waals surface area contributed by atoms with Gasteiger partial charge in [-0.05, 0) is 12.5 Å². The Morgan fingerprint density at radius 2 is 2.07 bits per heavy atom. The van der Waals surface area contributed by atoms with Crippen molar-refractivity contribution in [2.75, 3.05) is 18.9 Å². The Kier molecular flexibility index (Phi) is 8.80. The highest BCUT2D eigenvalue weighted by atomic mass is 32.2. The minimum Gasteiger partial charge on any atom is -0.459 e. The molecule has 0 spiro atoms. The minimum atomic E-state index is -3.85. The van der Waals surface area contributed by atoms with E-state index < -0.39 is 34.2 Å². The summed E-state index contributed by atoms with van der Waals surface area (Å²) in [5.74, 6) is -1.41. The Bertz CT molecular complexity index is 720. The summed E-state index contributed by atoms with van der Waals surface area (Å²) in [6.07, 6.45) is 1.74. The van der Waals surface area contributed by atoms with Gasteiger partial charge in [-0.15, -0.1) is 0 Å². The van der Waals surface area contributed by atoms with Gasteiger partial charge in [-0.1, -0.05) is 19.9 Å². The predicted molar refractivity (Wildman–Crippen MR) is 96.9 cm³/mol. The normalized spacial score (nSPS) is 13.0. The first-order chi connectivity index (χ1) is 12.5. The number of rotatable bonds is 11. The summed E-state index contributed by atoms with van der Waals surface area (Å²) in [6, 6.07) is 3.41. The van der Waals surface area contributed by atoms with Crippen molar-refractivity contribution >= 4 is 22.0 Å². The molecule has 9 nitrogen and oxygen atoms in total. The van der Waals surface area contributed by atoms with Crippen molar-refractivity contribution in [3.63, 3.8) is 0 Å². The number of carbonyl (C=O) groups excluding carboxylic acids is 2. The smallest absolute Gasteiger partial charge is 0.335 e. The zero-order valence-corrected chi connectivity index (χ0v) is 16.5. The monoisotopic (exact) mass is 402 g/mol. The first-order valence-electron chi connectivity index (χ1n) is 8.39. The van der Waals surface area contributed by atoms with Gasteiger partial charge in [0.05, 0.1) is 12.4 Å². The van der Waals surface area contributed by atoms with E-state index in [-0.39, 0.29) is 31.2 Å². The Hall–Kier alpha value is -2.04. The van der Waals surface area contributed by atoms with E-state index in [9.17, 15) is 23.1 Å². The van der Waals surface area contributed by atoms with Crippen LogP contribution in [-0.2, 0) is 35.2 Å². The van der Waals surface area contributed by atoms with E-state index in [1.807, 2.05) is 0 Å². The van der Waals surface area contributed by atoms with Gasteiger partial charge in [0.2, 0.25) is 5.91 Å². The molecule has 1 atom stereocenters. The van der Waals surface area contributed by atoms with Gasteiger partial charge >= 0.3 is 5.97 Å². The number of amides is 1. The quantitative estimate of drug-likeness (QED) is 0.308. The fourth-order valence-corrected chi connectivity index (χ4v) is 3.03. The maximum absolute atomic E-state index is 12.0. The second kappa shape index (κ2) is 10.3. The van der Waals surface area contributed by atoms with E-state index in [0.29, 0.717) is 5.56 Å². The SMILES string of the molecule is CC(=O)NCCCS(=O)(=O)OCC(C)(C)[C@@H](O)C(=O)OCc1cccnc1. The summed E-state index contributed by atoms with van der Waals surface area (Å²) in [5, 5.41) is 12.7.